The molecular weight excluding hydrogens is 318 g/mol. The van der Waals surface area contributed by atoms with Gasteiger partial charge in [-0.3, -0.25) is 14.9 Å². The van der Waals surface area contributed by atoms with Gasteiger partial charge in [-0.2, -0.15) is 0 Å². The van der Waals surface area contributed by atoms with E-state index in [1.54, 1.807) is 18.2 Å². The molecule has 1 heterocycles. The number of anilines is 1. The minimum atomic E-state index is -1.02. The zero-order chi connectivity index (χ0) is 17.5. The number of carbonyl (C=O) groups excluding carboxylic acids is 2. The van der Waals surface area contributed by atoms with Gasteiger partial charge in [-0.1, -0.05) is 11.2 Å². The average Bonchev–Trinajstić information content (AvgIpc) is 3.11. The third-order valence-corrected chi connectivity index (χ3v) is 3.13. The number of aromatic nitrogens is 1. The van der Waals surface area contributed by atoms with Gasteiger partial charge in [-0.25, -0.2) is 0 Å². The molecule has 0 aliphatic carbocycles. The maximum atomic E-state index is 11.7. The van der Waals surface area contributed by atoms with Crippen molar-refractivity contribution >= 4 is 17.6 Å². The van der Waals surface area contributed by atoms with Crippen LogP contribution in [0.25, 0.3) is 0 Å². The molecule has 1 unspecified atom stereocenters. The molecule has 2 aromatic rings. The van der Waals surface area contributed by atoms with Gasteiger partial charge in [-0.15, -0.1) is 0 Å². The van der Waals surface area contributed by atoms with Gasteiger partial charge in [-0.05, 0) is 17.7 Å². The average molecular weight is 335 g/mol. The van der Waals surface area contributed by atoms with Crippen molar-refractivity contribution in [2.24, 2.45) is 0 Å². The zero-order valence-electron chi connectivity index (χ0n) is 13.1. The summed E-state index contributed by atoms with van der Waals surface area (Å²) in [4.78, 5) is 23.3. The van der Waals surface area contributed by atoms with Crippen molar-refractivity contribution in [1.82, 2.24) is 10.5 Å². The van der Waals surface area contributed by atoms with E-state index in [4.69, 9.17) is 9.47 Å². The second-order valence-corrected chi connectivity index (χ2v) is 4.68. The Kier molecular flexibility index (Phi) is 5.74. The second kappa shape index (κ2) is 7.97. The fraction of sp³-hybridized carbons (Fsp3) is 0.267. The van der Waals surface area contributed by atoms with Crippen LogP contribution in [-0.2, 0) is 9.59 Å². The van der Waals surface area contributed by atoms with Gasteiger partial charge in [0.25, 0.3) is 0 Å². The molecule has 0 spiro atoms. The lowest BCUT2D eigenvalue weighted by molar-refractivity contribution is -0.136. The van der Waals surface area contributed by atoms with Crippen molar-refractivity contribution < 1.29 is 28.7 Å². The number of aliphatic hydroxyl groups is 1. The van der Waals surface area contributed by atoms with Crippen LogP contribution in [0.2, 0.25) is 0 Å². The van der Waals surface area contributed by atoms with Crippen LogP contribution >= 0.6 is 0 Å². The van der Waals surface area contributed by atoms with Crippen LogP contribution in [0.5, 0.6) is 11.5 Å². The Morgan fingerprint density at radius 1 is 1.21 bits per heavy atom. The lowest BCUT2D eigenvalue weighted by Gasteiger charge is -2.14. The number of benzene rings is 1. The summed E-state index contributed by atoms with van der Waals surface area (Å²) in [6, 6.07) is 6.25. The molecule has 24 heavy (non-hydrogen) atoms. The quantitative estimate of drug-likeness (QED) is 0.656. The van der Waals surface area contributed by atoms with Crippen LogP contribution in [0.3, 0.4) is 0 Å². The van der Waals surface area contributed by atoms with Gasteiger partial charge in [0.05, 0.1) is 20.3 Å². The first-order valence-electron chi connectivity index (χ1n) is 6.94. The summed E-state index contributed by atoms with van der Waals surface area (Å²) in [5.41, 5.74) is 0.504. The van der Waals surface area contributed by atoms with Gasteiger partial charge >= 0.3 is 11.8 Å². The van der Waals surface area contributed by atoms with Crippen molar-refractivity contribution in [2.75, 3.05) is 26.1 Å². The van der Waals surface area contributed by atoms with Gasteiger partial charge < -0.3 is 24.4 Å². The Hall–Kier alpha value is -3.07. The Balaban J connectivity index is 1.91. The molecule has 0 saturated carbocycles. The molecule has 3 N–H and O–H groups in total. The van der Waals surface area contributed by atoms with E-state index in [1.807, 2.05) is 0 Å². The predicted octanol–water partition coefficient (Wildman–Crippen LogP) is 0.480. The number of nitrogens with one attached hydrogen (secondary N) is 2. The zero-order valence-corrected chi connectivity index (χ0v) is 13.1. The summed E-state index contributed by atoms with van der Waals surface area (Å²) in [6.07, 6.45) is 0.238. The molecule has 2 rings (SSSR count). The lowest BCUT2D eigenvalue weighted by atomic mass is 10.1. The normalized spacial score (nSPS) is 11.5. The fourth-order valence-electron chi connectivity index (χ4n) is 1.90. The highest BCUT2D eigenvalue weighted by atomic mass is 16.5. The number of carbonyl (C=O) groups is 2. The first-order chi connectivity index (χ1) is 11.5. The van der Waals surface area contributed by atoms with Crippen LogP contribution in [0.1, 0.15) is 11.7 Å². The Bertz CT molecular complexity index is 701. The molecule has 0 aliphatic rings. The number of ether oxygens (including phenoxy) is 2. The molecule has 2 amide bonds. The van der Waals surface area contributed by atoms with Crippen molar-refractivity contribution in [3.63, 3.8) is 0 Å². The van der Waals surface area contributed by atoms with Crippen LogP contribution in [0, 0.1) is 0 Å². The summed E-state index contributed by atoms with van der Waals surface area (Å²) in [7, 11) is 2.98. The highest BCUT2D eigenvalue weighted by Gasteiger charge is 2.17. The molecule has 1 aromatic carbocycles. The number of aliphatic hydroxyl groups excluding tert-OH is 1. The van der Waals surface area contributed by atoms with Gasteiger partial charge in [0.2, 0.25) is 0 Å². The molecule has 1 atom stereocenters. The predicted molar refractivity (Wildman–Crippen MR) is 82.6 cm³/mol. The summed E-state index contributed by atoms with van der Waals surface area (Å²) >= 11 is 0. The molecule has 0 aliphatic heterocycles. The highest BCUT2D eigenvalue weighted by molar-refractivity contribution is 6.39. The number of amides is 2. The summed E-state index contributed by atoms with van der Waals surface area (Å²) in [6.45, 7) is -0.152. The number of hydrogen-bond acceptors (Lipinski definition) is 7. The van der Waals surface area contributed by atoms with Crippen LogP contribution < -0.4 is 20.1 Å². The minimum absolute atomic E-state index is 0.121. The number of rotatable bonds is 6. The largest absolute Gasteiger partial charge is 0.493 e. The second-order valence-electron chi connectivity index (χ2n) is 4.68. The van der Waals surface area contributed by atoms with E-state index in [2.05, 4.69) is 20.3 Å². The molecular formula is C15H17N3O6. The number of nitrogens with zero attached hydrogens (tertiary/aromatic N) is 1. The van der Waals surface area contributed by atoms with Gasteiger partial charge in [0, 0.05) is 12.6 Å². The maximum absolute atomic E-state index is 11.7. The first-order valence-corrected chi connectivity index (χ1v) is 6.94. The van der Waals surface area contributed by atoms with E-state index in [9.17, 15) is 14.7 Å². The van der Waals surface area contributed by atoms with E-state index in [0.717, 1.165) is 0 Å². The van der Waals surface area contributed by atoms with Crippen LogP contribution in [0.15, 0.2) is 35.1 Å². The molecule has 128 valence electrons. The van der Waals surface area contributed by atoms with Crippen molar-refractivity contribution in [1.29, 1.82) is 0 Å². The molecule has 0 saturated heterocycles. The molecule has 0 radical (unpaired) electrons. The molecule has 0 bridgehead atoms. The standard InChI is InChI=1S/C15H17N3O6/c1-22-11-4-3-9(7-12(11)23-2)10(19)8-16-14(20)15(21)17-13-5-6-24-18-13/h3-7,10,19H,8H2,1-2H3,(H,16,20)(H,17,18,21). The van der Waals surface area contributed by atoms with Crippen LogP contribution in [-0.4, -0.2) is 42.8 Å². The fourth-order valence-corrected chi connectivity index (χ4v) is 1.90. The Morgan fingerprint density at radius 2 is 1.96 bits per heavy atom. The Labute approximate surface area is 137 Å². The van der Waals surface area contributed by atoms with Crippen LogP contribution in [0.4, 0.5) is 5.82 Å². The van der Waals surface area contributed by atoms with Crippen molar-refractivity contribution in [2.45, 2.75) is 6.10 Å². The van der Waals surface area contributed by atoms with Gasteiger partial charge in [0.1, 0.15) is 6.26 Å². The SMILES string of the molecule is COc1ccc(C(O)CNC(=O)C(=O)Nc2ccon2)cc1OC. The van der Waals surface area contributed by atoms with Crippen molar-refractivity contribution in [3.8, 4) is 11.5 Å². The van der Waals surface area contributed by atoms with Gasteiger partial charge in [0.15, 0.2) is 17.3 Å². The lowest BCUT2D eigenvalue weighted by Crippen LogP contribution is -2.37. The molecule has 0 fully saturated rings. The Morgan fingerprint density at radius 3 is 2.58 bits per heavy atom. The van der Waals surface area contributed by atoms with E-state index in [0.29, 0.717) is 17.1 Å². The molecule has 9 heteroatoms. The molecule has 1 aromatic heterocycles. The monoisotopic (exact) mass is 335 g/mol. The summed E-state index contributed by atoms with van der Waals surface area (Å²) in [5.74, 6) is -0.731. The summed E-state index contributed by atoms with van der Waals surface area (Å²) in [5, 5.41) is 18.1. The smallest absolute Gasteiger partial charge is 0.314 e. The van der Waals surface area contributed by atoms with Crippen molar-refractivity contribution in [3.05, 3.63) is 36.1 Å². The van der Waals surface area contributed by atoms with E-state index in [-0.39, 0.29) is 12.4 Å². The molecule has 9 nitrogen and oxygen atoms in total. The first kappa shape index (κ1) is 17.3. The highest BCUT2D eigenvalue weighted by Crippen LogP contribution is 2.29. The summed E-state index contributed by atoms with van der Waals surface area (Å²) < 4.78 is 14.8. The number of methoxy groups -OCH3 is 2. The minimum Gasteiger partial charge on any atom is -0.493 e. The third kappa shape index (κ3) is 4.23. The maximum Gasteiger partial charge on any atom is 0.314 e. The van der Waals surface area contributed by atoms with E-state index >= 15 is 0 Å². The van der Waals surface area contributed by atoms with E-state index < -0.39 is 17.9 Å². The topological polar surface area (TPSA) is 123 Å². The van der Waals surface area contributed by atoms with E-state index in [1.165, 1.54) is 26.5 Å². The third-order valence-electron chi connectivity index (χ3n) is 3.13. The number of hydrogen-bond donors (Lipinski definition) is 3.